The van der Waals surface area contributed by atoms with Crippen molar-refractivity contribution in [3.8, 4) is 0 Å². The average Bonchev–Trinajstić information content (AvgIpc) is 2.29. The van der Waals surface area contributed by atoms with Crippen LogP contribution < -0.4 is 5.32 Å². The third kappa shape index (κ3) is 3.26. The van der Waals surface area contributed by atoms with Gasteiger partial charge >= 0.3 is 12.1 Å². The predicted molar refractivity (Wildman–Crippen MR) is 61.3 cm³/mol. The van der Waals surface area contributed by atoms with Crippen molar-refractivity contribution in [1.29, 1.82) is 0 Å². The van der Waals surface area contributed by atoms with Crippen LogP contribution in [0.5, 0.6) is 0 Å². The van der Waals surface area contributed by atoms with Crippen LogP contribution in [0.4, 0.5) is 18.9 Å². The zero-order valence-electron chi connectivity index (χ0n) is 9.89. The third-order valence-electron chi connectivity index (χ3n) is 2.28. The van der Waals surface area contributed by atoms with E-state index >= 15 is 0 Å². The summed E-state index contributed by atoms with van der Waals surface area (Å²) in [4.78, 5) is 11.2. The van der Waals surface area contributed by atoms with Crippen molar-refractivity contribution < 1.29 is 22.7 Å². The molecule has 0 saturated heterocycles. The summed E-state index contributed by atoms with van der Waals surface area (Å²) < 4.78 is 41.4. The van der Waals surface area contributed by atoms with E-state index in [2.05, 4.69) is 16.6 Å². The highest BCUT2D eigenvalue weighted by Gasteiger charge is 2.32. The number of hydrogen-bond acceptors (Lipinski definition) is 3. The standard InChI is InChI=1S/C12H12F3NO2/c1-7-6-9(11(17)18-3)4-5-10(7)16-8(2)12(13,14)15/h4-6,16H,2H2,1,3H3. The van der Waals surface area contributed by atoms with Gasteiger partial charge in [0.15, 0.2) is 0 Å². The lowest BCUT2D eigenvalue weighted by Gasteiger charge is -2.14. The lowest BCUT2D eigenvalue weighted by Crippen LogP contribution is -2.18. The van der Waals surface area contributed by atoms with Crippen LogP contribution in [0, 0.1) is 6.92 Å². The Morgan fingerprint density at radius 2 is 2.00 bits per heavy atom. The van der Waals surface area contributed by atoms with Crippen LogP contribution >= 0.6 is 0 Å². The summed E-state index contributed by atoms with van der Waals surface area (Å²) >= 11 is 0. The van der Waals surface area contributed by atoms with Crippen LogP contribution in [0.2, 0.25) is 0 Å². The van der Waals surface area contributed by atoms with Crippen LogP contribution in [-0.4, -0.2) is 19.3 Å². The molecule has 6 heteroatoms. The number of methoxy groups -OCH3 is 1. The molecule has 1 aromatic carbocycles. The molecule has 98 valence electrons. The molecule has 18 heavy (non-hydrogen) atoms. The lowest BCUT2D eigenvalue weighted by atomic mass is 10.1. The van der Waals surface area contributed by atoms with Crippen molar-refractivity contribution in [2.24, 2.45) is 0 Å². The normalized spacial score (nSPS) is 10.9. The van der Waals surface area contributed by atoms with Crippen molar-refractivity contribution in [2.75, 3.05) is 12.4 Å². The molecule has 0 saturated carbocycles. The number of alkyl halides is 3. The molecular weight excluding hydrogens is 247 g/mol. The maximum Gasteiger partial charge on any atom is 0.430 e. The van der Waals surface area contributed by atoms with Crippen LogP contribution in [0.3, 0.4) is 0 Å². The summed E-state index contributed by atoms with van der Waals surface area (Å²) in [5.41, 5.74) is -0.0529. The maximum atomic E-state index is 12.3. The Morgan fingerprint density at radius 1 is 1.39 bits per heavy atom. The van der Waals surface area contributed by atoms with E-state index in [-0.39, 0.29) is 11.3 Å². The molecule has 0 aliphatic heterocycles. The van der Waals surface area contributed by atoms with Gasteiger partial charge in [0.25, 0.3) is 0 Å². The van der Waals surface area contributed by atoms with Gasteiger partial charge in [0.1, 0.15) is 5.70 Å². The lowest BCUT2D eigenvalue weighted by molar-refractivity contribution is -0.0898. The van der Waals surface area contributed by atoms with Gasteiger partial charge < -0.3 is 10.1 Å². The molecule has 0 aliphatic rings. The summed E-state index contributed by atoms with van der Waals surface area (Å²) in [6.07, 6.45) is -4.51. The summed E-state index contributed by atoms with van der Waals surface area (Å²) in [5.74, 6) is -0.542. The SMILES string of the molecule is C=C(Nc1ccc(C(=O)OC)cc1C)C(F)(F)F. The number of halogens is 3. The molecule has 0 amide bonds. The Morgan fingerprint density at radius 3 is 2.44 bits per heavy atom. The Labute approximate surface area is 102 Å². The second-order valence-corrected chi connectivity index (χ2v) is 3.62. The van der Waals surface area contributed by atoms with Gasteiger partial charge in [-0.3, -0.25) is 0 Å². The molecule has 0 unspecified atom stereocenters. The maximum absolute atomic E-state index is 12.3. The first-order valence-corrected chi connectivity index (χ1v) is 4.98. The molecule has 0 spiro atoms. The fourth-order valence-corrected chi connectivity index (χ4v) is 1.28. The number of aryl methyl sites for hydroxylation is 1. The molecule has 0 aliphatic carbocycles. The minimum atomic E-state index is -4.51. The Balaban J connectivity index is 2.94. The van der Waals surface area contributed by atoms with Crippen molar-refractivity contribution in [1.82, 2.24) is 0 Å². The Hall–Kier alpha value is -1.98. The number of ether oxygens (including phenoxy) is 1. The monoisotopic (exact) mass is 259 g/mol. The van der Waals surface area contributed by atoms with Gasteiger partial charge in [-0.25, -0.2) is 4.79 Å². The molecule has 0 radical (unpaired) electrons. The van der Waals surface area contributed by atoms with Gasteiger partial charge in [-0.15, -0.1) is 0 Å². The van der Waals surface area contributed by atoms with Gasteiger partial charge in [-0.05, 0) is 30.7 Å². The smallest absolute Gasteiger partial charge is 0.430 e. The van der Waals surface area contributed by atoms with Crippen molar-refractivity contribution in [2.45, 2.75) is 13.1 Å². The molecule has 3 nitrogen and oxygen atoms in total. The van der Waals surface area contributed by atoms with Crippen LogP contribution in [0.15, 0.2) is 30.5 Å². The van der Waals surface area contributed by atoms with E-state index in [4.69, 9.17) is 0 Å². The van der Waals surface area contributed by atoms with E-state index in [0.717, 1.165) is 0 Å². The van der Waals surface area contributed by atoms with Crippen molar-refractivity contribution >= 4 is 11.7 Å². The predicted octanol–water partition coefficient (Wildman–Crippen LogP) is 3.27. The first-order chi connectivity index (χ1) is 8.25. The quantitative estimate of drug-likeness (QED) is 0.847. The van der Waals surface area contributed by atoms with Crippen LogP contribution in [0.1, 0.15) is 15.9 Å². The van der Waals surface area contributed by atoms with Gasteiger partial charge in [-0.1, -0.05) is 6.58 Å². The second-order valence-electron chi connectivity index (χ2n) is 3.62. The van der Waals surface area contributed by atoms with Gasteiger partial charge in [0.2, 0.25) is 0 Å². The summed E-state index contributed by atoms with van der Waals surface area (Å²) in [7, 11) is 1.23. The zero-order chi connectivity index (χ0) is 13.9. The molecule has 1 N–H and O–H groups in total. The molecule has 0 fully saturated rings. The van der Waals surface area contributed by atoms with Crippen molar-refractivity contribution in [3.63, 3.8) is 0 Å². The highest BCUT2D eigenvalue weighted by atomic mass is 19.4. The topological polar surface area (TPSA) is 38.3 Å². The highest BCUT2D eigenvalue weighted by Crippen LogP contribution is 2.27. The van der Waals surface area contributed by atoms with Gasteiger partial charge in [-0.2, -0.15) is 13.2 Å². The van der Waals surface area contributed by atoms with E-state index in [0.29, 0.717) is 5.56 Å². The van der Waals surface area contributed by atoms with Crippen LogP contribution in [0.25, 0.3) is 0 Å². The third-order valence-corrected chi connectivity index (χ3v) is 2.28. The minimum Gasteiger partial charge on any atom is -0.465 e. The molecular formula is C12H12F3NO2. The Bertz CT molecular complexity index is 481. The molecule has 1 rings (SSSR count). The molecule has 0 aromatic heterocycles. The van der Waals surface area contributed by atoms with Gasteiger partial charge in [0.05, 0.1) is 12.7 Å². The first-order valence-electron chi connectivity index (χ1n) is 4.98. The molecule has 0 heterocycles. The average molecular weight is 259 g/mol. The number of benzene rings is 1. The number of carbonyl (C=O) groups is 1. The fraction of sp³-hybridized carbons (Fsp3) is 0.250. The highest BCUT2D eigenvalue weighted by molar-refractivity contribution is 5.90. The zero-order valence-corrected chi connectivity index (χ0v) is 9.89. The van der Waals surface area contributed by atoms with E-state index in [1.54, 1.807) is 6.92 Å². The van der Waals surface area contributed by atoms with Crippen molar-refractivity contribution in [3.05, 3.63) is 41.6 Å². The van der Waals surface area contributed by atoms with E-state index in [1.165, 1.54) is 25.3 Å². The number of rotatable bonds is 3. The summed E-state index contributed by atoms with van der Waals surface area (Å²) in [6.45, 7) is 4.49. The number of esters is 1. The van der Waals surface area contributed by atoms with E-state index in [1.807, 2.05) is 0 Å². The first kappa shape index (κ1) is 14.1. The fourth-order valence-electron chi connectivity index (χ4n) is 1.28. The number of anilines is 1. The number of carbonyl (C=O) groups excluding carboxylic acids is 1. The van der Waals surface area contributed by atoms with E-state index in [9.17, 15) is 18.0 Å². The summed E-state index contributed by atoms with van der Waals surface area (Å²) in [5, 5.41) is 2.16. The minimum absolute atomic E-state index is 0.241. The molecule has 0 bridgehead atoms. The van der Waals surface area contributed by atoms with Gasteiger partial charge in [0, 0.05) is 5.69 Å². The largest absolute Gasteiger partial charge is 0.465 e. The van der Waals surface area contributed by atoms with E-state index < -0.39 is 17.8 Å². The second kappa shape index (κ2) is 5.12. The van der Waals surface area contributed by atoms with Crippen LogP contribution in [-0.2, 0) is 4.74 Å². The number of hydrogen-bond donors (Lipinski definition) is 1. The molecule has 1 aromatic rings. The number of allylic oxidation sites excluding steroid dienone is 1. The number of nitrogens with one attached hydrogen (secondary N) is 1. The molecule has 0 atom stereocenters. The Kier molecular flexibility index (Phi) is 4.00. The summed E-state index contributed by atoms with van der Waals surface area (Å²) in [6, 6.07) is 4.20.